The topological polar surface area (TPSA) is 62.5 Å². The highest BCUT2D eigenvalue weighted by molar-refractivity contribution is 6.30. The van der Waals surface area contributed by atoms with Crippen LogP contribution in [0.4, 0.5) is 5.82 Å². The van der Waals surface area contributed by atoms with Crippen molar-refractivity contribution in [3.8, 4) is 0 Å². The van der Waals surface area contributed by atoms with E-state index in [1.165, 1.54) is 0 Å². The maximum absolute atomic E-state index is 11.4. The summed E-state index contributed by atoms with van der Waals surface area (Å²) in [6.45, 7) is 7.36. The van der Waals surface area contributed by atoms with Crippen molar-refractivity contribution in [1.29, 1.82) is 0 Å². The number of carbonyl (C=O) groups excluding carboxylic acids is 1. The van der Waals surface area contributed by atoms with Gasteiger partial charge in [0, 0.05) is 54.8 Å². The number of amides is 1. The van der Waals surface area contributed by atoms with Crippen molar-refractivity contribution < 1.29 is 4.79 Å². The highest BCUT2D eigenvalue weighted by Crippen LogP contribution is 2.28. The van der Waals surface area contributed by atoms with Gasteiger partial charge in [-0.15, -0.1) is 0 Å². The minimum Gasteiger partial charge on any atom is -0.354 e. The zero-order chi connectivity index (χ0) is 19.8. The predicted octanol–water partition coefficient (Wildman–Crippen LogP) is 3.56. The largest absolute Gasteiger partial charge is 0.354 e. The van der Waals surface area contributed by atoms with E-state index in [-0.39, 0.29) is 17.9 Å². The highest BCUT2D eigenvalue weighted by Gasteiger charge is 2.26. The van der Waals surface area contributed by atoms with Gasteiger partial charge in [-0.3, -0.25) is 4.79 Å². The quantitative estimate of drug-likeness (QED) is 0.731. The highest BCUT2D eigenvalue weighted by atomic mass is 35.5. The van der Waals surface area contributed by atoms with Crippen LogP contribution in [0.2, 0.25) is 5.02 Å². The predicted molar refractivity (Wildman–Crippen MR) is 111 cm³/mol. The molecule has 0 bridgehead atoms. The Morgan fingerprint density at radius 1 is 1.29 bits per heavy atom. The number of aromatic nitrogens is 3. The zero-order valence-electron chi connectivity index (χ0n) is 16.3. The molecule has 1 fully saturated rings. The maximum Gasteiger partial charge on any atom is 0.217 e. The summed E-state index contributed by atoms with van der Waals surface area (Å²) in [5.41, 5.74) is 3.93. The number of aryl methyl sites for hydroxylation is 1. The second-order valence-electron chi connectivity index (χ2n) is 7.50. The molecule has 0 spiro atoms. The summed E-state index contributed by atoms with van der Waals surface area (Å²) in [5, 5.41) is 8.62. The van der Waals surface area contributed by atoms with Crippen molar-refractivity contribution in [1.82, 2.24) is 19.9 Å². The van der Waals surface area contributed by atoms with Crippen molar-refractivity contribution in [2.24, 2.45) is 0 Å². The van der Waals surface area contributed by atoms with Gasteiger partial charge < -0.3 is 10.2 Å². The number of nitrogens with zero attached hydrogens (tertiary/aromatic N) is 4. The van der Waals surface area contributed by atoms with Gasteiger partial charge in [0.15, 0.2) is 5.65 Å². The van der Waals surface area contributed by atoms with E-state index in [0.29, 0.717) is 0 Å². The van der Waals surface area contributed by atoms with Crippen LogP contribution in [0.1, 0.15) is 43.1 Å². The van der Waals surface area contributed by atoms with E-state index >= 15 is 0 Å². The number of anilines is 1. The molecule has 1 saturated heterocycles. The number of hydrogen-bond acceptors (Lipinski definition) is 4. The lowest BCUT2D eigenvalue weighted by Crippen LogP contribution is -2.36. The minimum atomic E-state index is 0.0149. The molecule has 1 N–H and O–H groups in total. The fraction of sp³-hybridized carbons (Fsp3) is 0.381. The van der Waals surface area contributed by atoms with Gasteiger partial charge in [0.25, 0.3) is 0 Å². The average Bonchev–Trinajstić information content (AvgIpc) is 3.27. The van der Waals surface area contributed by atoms with Crippen LogP contribution in [0, 0.1) is 6.92 Å². The van der Waals surface area contributed by atoms with E-state index in [2.05, 4.69) is 34.3 Å². The average molecular weight is 398 g/mol. The van der Waals surface area contributed by atoms with Gasteiger partial charge in [0.1, 0.15) is 5.82 Å². The molecule has 2 atom stereocenters. The minimum absolute atomic E-state index is 0.0149. The third-order valence-corrected chi connectivity index (χ3v) is 5.54. The SMILES string of the molecule is CC(=O)N[C@@H]1CCN(c2cc(C)nc3cc(C(C)c4ccc(Cl)cc4)nn23)C1. The molecule has 3 heterocycles. The van der Waals surface area contributed by atoms with Crippen LogP contribution in [-0.4, -0.2) is 39.6 Å². The van der Waals surface area contributed by atoms with Crippen LogP contribution in [0.15, 0.2) is 36.4 Å². The summed E-state index contributed by atoms with van der Waals surface area (Å²) in [5.74, 6) is 1.17. The number of fused-ring (bicyclic) bond motifs is 1. The smallest absolute Gasteiger partial charge is 0.217 e. The zero-order valence-corrected chi connectivity index (χ0v) is 17.1. The lowest BCUT2D eigenvalue weighted by atomic mass is 9.98. The molecule has 1 unspecified atom stereocenters. The van der Waals surface area contributed by atoms with E-state index in [1.807, 2.05) is 35.7 Å². The molecule has 28 heavy (non-hydrogen) atoms. The molecule has 4 rings (SSSR count). The normalized spacial score (nSPS) is 17.9. The van der Waals surface area contributed by atoms with Crippen molar-refractivity contribution in [3.05, 3.63) is 58.4 Å². The Balaban J connectivity index is 1.67. The van der Waals surface area contributed by atoms with Crippen LogP contribution in [-0.2, 0) is 4.79 Å². The van der Waals surface area contributed by atoms with Crippen LogP contribution in [0.5, 0.6) is 0 Å². The fourth-order valence-electron chi connectivity index (χ4n) is 3.83. The Kier molecular flexibility index (Phi) is 4.98. The number of halogens is 1. The Labute approximate surface area is 169 Å². The van der Waals surface area contributed by atoms with Crippen molar-refractivity contribution in [2.75, 3.05) is 18.0 Å². The summed E-state index contributed by atoms with van der Waals surface area (Å²) in [7, 11) is 0. The van der Waals surface area contributed by atoms with Gasteiger partial charge in [-0.2, -0.15) is 9.61 Å². The monoisotopic (exact) mass is 397 g/mol. The molecule has 7 heteroatoms. The standard InChI is InChI=1S/C21H24ClN5O/c1-13-10-21(26-9-8-18(12-26)24-15(3)28)27-20(23-13)11-19(25-27)14(2)16-4-6-17(22)7-5-16/h4-7,10-11,14,18H,8-9,12H2,1-3H3,(H,24,28)/t14?,18-/m1/s1. The van der Waals surface area contributed by atoms with Crippen LogP contribution < -0.4 is 10.2 Å². The van der Waals surface area contributed by atoms with E-state index in [4.69, 9.17) is 16.7 Å². The summed E-state index contributed by atoms with van der Waals surface area (Å²) < 4.78 is 1.92. The Hall–Kier alpha value is -2.60. The van der Waals surface area contributed by atoms with Crippen molar-refractivity contribution >= 4 is 29.0 Å². The second-order valence-corrected chi connectivity index (χ2v) is 7.94. The summed E-state index contributed by atoms with van der Waals surface area (Å²) in [4.78, 5) is 18.3. The van der Waals surface area contributed by atoms with Crippen LogP contribution in [0.3, 0.4) is 0 Å². The van der Waals surface area contributed by atoms with E-state index in [0.717, 1.165) is 52.9 Å². The lowest BCUT2D eigenvalue weighted by molar-refractivity contribution is -0.119. The van der Waals surface area contributed by atoms with Gasteiger partial charge in [-0.25, -0.2) is 4.98 Å². The molecule has 3 aromatic rings. The molecule has 1 amide bonds. The van der Waals surface area contributed by atoms with Gasteiger partial charge in [-0.1, -0.05) is 30.7 Å². The number of nitrogens with one attached hydrogen (secondary N) is 1. The molecule has 0 saturated carbocycles. The third-order valence-electron chi connectivity index (χ3n) is 5.29. The molecule has 1 aromatic carbocycles. The number of hydrogen-bond donors (Lipinski definition) is 1. The third kappa shape index (κ3) is 3.69. The molecule has 0 radical (unpaired) electrons. The summed E-state index contributed by atoms with van der Waals surface area (Å²) in [6, 6.07) is 12.2. The van der Waals surface area contributed by atoms with Gasteiger partial charge in [0.2, 0.25) is 5.91 Å². The van der Waals surface area contributed by atoms with Crippen LogP contribution in [0.25, 0.3) is 5.65 Å². The fourth-order valence-corrected chi connectivity index (χ4v) is 3.96. The van der Waals surface area contributed by atoms with Gasteiger partial charge >= 0.3 is 0 Å². The number of carbonyl (C=O) groups is 1. The summed E-state index contributed by atoms with van der Waals surface area (Å²) in [6.07, 6.45) is 0.928. The molecular weight excluding hydrogens is 374 g/mol. The Morgan fingerprint density at radius 2 is 2.04 bits per heavy atom. The number of benzene rings is 1. The van der Waals surface area contributed by atoms with Gasteiger partial charge in [-0.05, 0) is 31.0 Å². The van der Waals surface area contributed by atoms with E-state index < -0.39 is 0 Å². The maximum atomic E-state index is 11.4. The molecule has 0 aliphatic carbocycles. The van der Waals surface area contributed by atoms with E-state index in [1.54, 1.807) is 6.92 Å². The summed E-state index contributed by atoms with van der Waals surface area (Å²) >= 11 is 6.02. The van der Waals surface area contributed by atoms with Crippen molar-refractivity contribution in [2.45, 2.75) is 39.2 Å². The molecular formula is C21H24ClN5O. The molecule has 1 aliphatic heterocycles. The first-order chi connectivity index (χ1) is 13.4. The van der Waals surface area contributed by atoms with Crippen LogP contribution >= 0.6 is 11.6 Å². The van der Waals surface area contributed by atoms with E-state index in [9.17, 15) is 4.79 Å². The lowest BCUT2D eigenvalue weighted by Gasteiger charge is -2.20. The molecule has 146 valence electrons. The van der Waals surface area contributed by atoms with Gasteiger partial charge in [0.05, 0.1) is 5.69 Å². The first-order valence-electron chi connectivity index (χ1n) is 9.55. The second kappa shape index (κ2) is 7.43. The number of rotatable bonds is 4. The molecule has 6 nitrogen and oxygen atoms in total. The van der Waals surface area contributed by atoms with Crippen molar-refractivity contribution in [3.63, 3.8) is 0 Å². The molecule has 2 aromatic heterocycles. The Bertz CT molecular complexity index is 1010. The Morgan fingerprint density at radius 3 is 2.75 bits per heavy atom. The first-order valence-corrected chi connectivity index (χ1v) is 9.93. The first kappa shape index (κ1) is 18.7. The molecule has 1 aliphatic rings.